The van der Waals surface area contributed by atoms with E-state index in [9.17, 15) is 12.8 Å². The van der Waals surface area contributed by atoms with Crippen molar-refractivity contribution in [2.45, 2.75) is 32.1 Å². The first kappa shape index (κ1) is 20.3. The lowest BCUT2D eigenvalue weighted by atomic mass is 10.0. The second-order valence-corrected chi connectivity index (χ2v) is 9.16. The molecule has 0 aliphatic carbocycles. The quantitative estimate of drug-likeness (QED) is 0.758. The maximum Gasteiger partial charge on any atom is 0.215 e. The van der Waals surface area contributed by atoms with Gasteiger partial charge in [-0.3, -0.25) is 4.90 Å². The van der Waals surface area contributed by atoms with Crippen molar-refractivity contribution < 1.29 is 12.8 Å². The summed E-state index contributed by atoms with van der Waals surface area (Å²) in [5, 5.41) is 0. The molecule has 25 heavy (non-hydrogen) atoms. The lowest BCUT2D eigenvalue weighted by Gasteiger charge is -2.38. The molecular formula is C18H30FN3O2S. The molecule has 142 valence electrons. The predicted octanol–water partition coefficient (Wildman–Crippen LogP) is 1.91. The van der Waals surface area contributed by atoms with E-state index in [0.717, 1.165) is 32.6 Å². The minimum absolute atomic E-state index is 0.121. The highest BCUT2D eigenvalue weighted by Crippen LogP contribution is 2.14. The number of benzene rings is 1. The number of nitrogens with zero attached hydrogens (tertiary/aromatic N) is 2. The molecular weight excluding hydrogens is 341 g/mol. The summed E-state index contributed by atoms with van der Waals surface area (Å²) in [5.74, 6) is 0.0251. The van der Waals surface area contributed by atoms with Crippen molar-refractivity contribution in [2.24, 2.45) is 5.92 Å². The number of nitrogens with one attached hydrogen (secondary N) is 1. The average molecular weight is 372 g/mol. The fraction of sp³-hybridized carbons (Fsp3) is 0.667. The van der Waals surface area contributed by atoms with E-state index in [1.807, 2.05) is 0 Å². The standard InChI is InChI=1S/C18H30FN3O2S/c1-15(2)12-18(22-10-8-21(3)9-11-22)13-20-25(23,24)14-16-4-6-17(19)7-5-16/h4-7,15,18,20H,8-14H2,1-3H3. The van der Waals surface area contributed by atoms with Crippen molar-refractivity contribution in [3.63, 3.8) is 0 Å². The zero-order chi connectivity index (χ0) is 18.4. The van der Waals surface area contributed by atoms with Crippen molar-refractivity contribution in [2.75, 3.05) is 39.8 Å². The van der Waals surface area contributed by atoms with Crippen LogP contribution in [-0.2, 0) is 15.8 Å². The Morgan fingerprint density at radius 1 is 1.12 bits per heavy atom. The van der Waals surface area contributed by atoms with Crippen LogP contribution in [0.2, 0.25) is 0 Å². The first-order valence-electron chi connectivity index (χ1n) is 8.89. The average Bonchev–Trinajstić information content (AvgIpc) is 2.54. The summed E-state index contributed by atoms with van der Waals surface area (Å²) in [6.45, 7) is 8.70. The molecule has 1 N–H and O–H groups in total. The van der Waals surface area contributed by atoms with Gasteiger partial charge in [0.25, 0.3) is 0 Å². The summed E-state index contributed by atoms with van der Waals surface area (Å²) >= 11 is 0. The van der Waals surface area contributed by atoms with Crippen molar-refractivity contribution in [1.29, 1.82) is 0 Å². The van der Waals surface area contributed by atoms with Gasteiger partial charge in [0, 0.05) is 38.8 Å². The molecule has 2 rings (SSSR count). The molecule has 1 saturated heterocycles. The van der Waals surface area contributed by atoms with E-state index >= 15 is 0 Å². The lowest BCUT2D eigenvalue weighted by Crippen LogP contribution is -2.52. The van der Waals surface area contributed by atoms with Crippen molar-refractivity contribution >= 4 is 10.0 Å². The number of rotatable bonds is 8. The Morgan fingerprint density at radius 2 is 1.72 bits per heavy atom. The SMILES string of the molecule is CC(C)CC(CNS(=O)(=O)Cc1ccc(F)cc1)N1CCN(C)CC1. The third-order valence-electron chi connectivity index (χ3n) is 4.61. The minimum Gasteiger partial charge on any atom is -0.304 e. The van der Waals surface area contributed by atoms with Crippen LogP contribution in [0.3, 0.4) is 0 Å². The normalized spacial score (nSPS) is 18.6. The Kier molecular flexibility index (Phi) is 7.37. The van der Waals surface area contributed by atoms with Gasteiger partial charge in [0.1, 0.15) is 5.82 Å². The number of hydrogen-bond acceptors (Lipinski definition) is 4. The summed E-state index contributed by atoms with van der Waals surface area (Å²) < 4.78 is 40.5. The molecule has 1 aliphatic rings. The smallest absolute Gasteiger partial charge is 0.215 e. The Bertz CT molecular complexity index is 626. The Balaban J connectivity index is 1.94. The van der Waals surface area contributed by atoms with Gasteiger partial charge in [0.2, 0.25) is 10.0 Å². The monoisotopic (exact) mass is 371 g/mol. The lowest BCUT2D eigenvalue weighted by molar-refractivity contribution is 0.102. The van der Waals surface area contributed by atoms with Crippen molar-refractivity contribution in [1.82, 2.24) is 14.5 Å². The van der Waals surface area contributed by atoms with Crippen LogP contribution in [0.15, 0.2) is 24.3 Å². The molecule has 0 radical (unpaired) electrons. The fourth-order valence-electron chi connectivity index (χ4n) is 3.17. The Hall–Kier alpha value is -1.02. The van der Waals surface area contributed by atoms with Gasteiger partial charge in [-0.25, -0.2) is 17.5 Å². The summed E-state index contributed by atoms with van der Waals surface area (Å²) in [4.78, 5) is 4.68. The number of halogens is 1. The summed E-state index contributed by atoms with van der Waals surface area (Å²) in [5.41, 5.74) is 0.592. The Labute approximate surface area is 151 Å². The van der Waals surface area contributed by atoms with E-state index in [1.54, 1.807) is 0 Å². The van der Waals surface area contributed by atoms with E-state index in [0.29, 0.717) is 18.0 Å². The first-order chi connectivity index (χ1) is 11.7. The zero-order valence-corrected chi connectivity index (χ0v) is 16.2. The van der Waals surface area contributed by atoms with Gasteiger partial charge in [-0.15, -0.1) is 0 Å². The second-order valence-electron chi connectivity index (χ2n) is 7.36. The Morgan fingerprint density at radius 3 is 2.28 bits per heavy atom. The molecule has 1 aliphatic heterocycles. The molecule has 0 amide bonds. The molecule has 1 aromatic carbocycles. The van der Waals surface area contributed by atoms with Gasteiger partial charge < -0.3 is 4.90 Å². The summed E-state index contributed by atoms with van der Waals surface area (Å²) in [7, 11) is -1.33. The first-order valence-corrected chi connectivity index (χ1v) is 10.5. The maximum absolute atomic E-state index is 13.0. The molecule has 0 saturated carbocycles. The number of hydrogen-bond donors (Lipinski definition) is 1. The molecule has 7 heteroatoms. The number of sulfonamides is 1. The molecule has 1 atom stereocenters. The molecule has 0 bridgehead atoms. The molecule has 0 aromatic heterocycles. The van der Waals surface area contributed by atoms with E-state index in [1.165, 1.54) is 24.3 Å². The van der Waals surface area contributed by atoms with Gasteiger partial charge >= 0.3 is 0 Å². The second kappa shape index (κ2) is 9.07. The fourth-order valence-corrected chi connectivity index (χ4v) is 4.35. The van der Waals surface area contributed by atoms with Crippen molar-refractivity contribution in [3.8, 4) is 0 Å². The third kappa shape index (κ3) is 7.01. The van der Waals surface area contributed by atoms with Gasteiger partial charge in [-0.2, -0.15) is 0 Å². The topological polar surface area (TPSA) is 52.7 Å². The van der Waals surface area contributed by atoms with Gasteiger partial charge in [0.15, 0.2) is 0 Å². The minimum atomic E-state index is -3.44. The highest BCUT2D eigenvalue weighted by Gasteiger charge is 2.24. The van der Waals surface area contributed by atoms with Crippen molar-refractivity contribution in [3.05, 3.63) is 35.6 Å². The van der Waals surface area contributed by atoms with E-state index < -0.39 is 10.0 Å². The van der Waals surface area contributed by atoms with Gasteiger partial charge in [-0.1, -0.05) is 26.0 Å². The molecule has 1 fully saturated rings. The van der Waals surface area contributed by atoms with Gasteiger partial charge in [0.05, 0.1) is 5.75 Å². The molecule has 1 heterocycles. The van der Waals surface area contributed by atoms with Crippen LogP contribution in [0.4, 0.5) is 4.39 Å². The van der Waals surface area contributed by atoms with Crippen LogP contribution in [0, 0.1) is 11.7 Å². The van der Waals surface area contributed by atoms with E-state index in [-0.39, 0.29) is 17.6 Å². The number of piperazine rings is 1. The van der Waals surface area contributed by atoms with Crippen LogP contribution < -0.4 is 4.72 Å². The molecule has 0 spiro atoms. The molecule has 5 nitrogen and oxygen atoms in total. The highest BCUT2D eigenvalue weighted by atomic mass is 32.2. The predicted molar refractivity (Wildman–Crippen MR) is 99.3 cm³/mol. The van der Waals surface area contributed by atoms with E-state index in [2.05, 4.69) is 35.4 Å². The number of likely N-dealkylation sites (N-methyl/N-ethyl adjacent to an activating group) is 1. The summed E-state index contributed by atoms with van der Waals surface area (Å²) in [6, 6.07) is 5.81. The third-order valence-corrected chi connectivity index (χ3v) is 5.93. The van der Waals surface area contributed by atoms with E-state index in [4.69, 9.17) is 0 Å². The van der Waals surface area contributed by atoms with Crippen LogP contribution >= 0.6 is 0 Å². The van der Waals surface area contributed by atoms with Crippen LogP contribution in [0.1, 0.15) is 25.8 Å². The summed E-state index contributed by atoms with van der Waals surface area (Å²) in [6.07, 6.45) is 0.961. The van der Waals surface area contributed by atoms with Crippen LogP contribution in [-0.4, -0.2) is 64.0 Å². The van der Waals surface area contributed by atoms with Gasteiger partial charge in [-0.05, 0) is 37.1 Å². The van der Waals surface area contributed by atoms with Crippen LogP contribution in [0.5, 0.6) is 0 Å². The van der Waals surface area contributed by atoms with Crippen LogP contribution in [0.25, 0.3) is 0 Å². The zero-order valence-electron chi connectivity index (χ0n) is 15.4. The maximum atomic E-state index is 13.0. The highest BCUT2D eigenvalue weighted by molar-refractivity contribution is 7.88. The molecule has 1 unspecified atom stereocenters. The molecule has 1 aromatic rings. The largest absolute Gasteiger partial charge is 0.304 e.